The van der Waals surface area contributed by atoms with Crippen LogP contribution in [0.4, 0.5) is 11.4 Å². The molecule has 0 aromatic heterocycles. The van der Waals surface area contributed by atoms with Crippen molar-refractivity contribution < 1.29 is 22.7 Å². The second-order valence-electron chi connectivity index (χ2n) is 7.85. The van der Waals surface area contributed by atoms with Crippen LogP contribution in [0.2, 0.25) is 0 Å². The van der Waals surface area contributed by atoms with Gasteiger partial charge in [-0.3, -0.25) is 9.10 Å². The Balaban J connectivity index is 1.44. The third-order valence-corrected chi connectivity index (χ3v) is 7.56. The fourth-order valence-corrected chi connectivity index (χ4v) is 5.63. The predicted octanol–water partition coefficient (Wildman–Crippen LogP) is 4.54. The maximum absolute atomic E-state index is 13.0. The molecule has 0 aliphatic carbocycles. The minimum Gasteiger partial charge on any atom is -0.486 e. The van der Waals surface area contributed by atoms with E-state index in [1.54, 1.807) is 36.9 Å². The molecule has 1 atom stereocenters. The summed E-state index contributed by atoms with van der Waals surface area (Å²) in [6.45, 7) is 2.37. The van der Waals surface area contributed by atoms with Crippen molar-refractivity contribution in [1.29, 1.82) is 0 Å². The van der Waals surface area contributed by atoms with Crippen molar-refractivity contribution in [3.63, 3.8) is 0 Å². The fraction of sp³-hybridized carbons (Fsp3) is 0.240. The molecule has 9 heteroatoms. The number of hydrogen-bond acceptors (Lipinski definition) is 6. The van der Waals surface area contributed by atoms with Gasteiger partial charge in [0.15, 0.2) is 11.5 Å². The maximum atomic E-state index is 13.0. The molecular weight excluding hydrogens is 472 g/mol. The van der Waals surface area contributed by atoms with E-state index in [0.29, 0.717) is 36.1 Å². The molecule has 178 valence electrons. The van der Waals surface area contributed by atoms with Gasteiger partial charge >= 0.3 is 0 Å². The number of amides is 1. The number of benzene rings is 3. The van der Waals surface area contributed by atoms with Crippen molar-refractivity contribution in [2.45, 2.75) is 23.6 Å². The molecule has 4 rings (SSSR count). The van der Waals surface area contributed by atoms with Gasteiger partial charge in [0, 0.05) is 22.4 Å². The summed E-state index contributed by atoms with van der Waals surface area (Å²) in [5.41, 5.74) is 2.05. The van der Waals surface area contributed by atoms with Crippen LogP contribution in [0, 0.1) is 0 Å². The zero-order valence-electron chi connectivity index (χ0n) is 18.9. The Hall–Kier alpha value is -3.17. The highest BCUT2D eigenvalue weighted by atomic mass is 32.2. The Morgan fingerprint density at radius 2 is 1.68 bits per heavy atom. The van der Waals surface area contributed by atoms with Crippen molar-refractivity contribution in [2.24, 2.45) is 0 Å². The van der Waals surface area contributed by atoms with E-state index in [0.717, 1.165) is 21.9 Å². The van der Waals surface area contributed by atoms with Crippen LogP contribution < -0.4 is 19.1 Å². The quantitative estimate of drug-likeness (QED) is 0.459. The van der Waals surface area contributed by atoms with Gasteiger partial charge in [-0.1, -0.05) is 30.3 Å². The molecule has 1 aliphatic heterocycles. The number of carbonyl (C=O) groups excluding carboxylic acids is 1. The van der Waals surface area contributed by atoms with Crippen LogP contribution in [-0.4, -0.2) is 39.8 Å². The number of nitrogens with zero attached hydrogens (tertiary/aromatic N) is 1. The molecule has 0 fully saturated rings. The number of nitrogens with one attached hydrogen (secondary N) is 1. The number of ether oxygens (including phenoxy) is 2. The van der Waals surface area contributed by atoms with Crippen molar-refractivity contribution in [1.82, 2.24) is 0 Å². The predicted molar refractivity (Wildman–Crippen MR) is 135 cm³/mol. The van der Waals surface area contributed by atoms with Crippen molar-refractivity contribution in [3.05, 3.63) is 78.4 Å². The van der Waals surface area contributed by atoms with Gasteiger partial charge in [-0.25, -0.2) is 8.42 Å². The number of carbonyl (C=O) groups is 1. The monoisotopic (exact) mass is 498 g/mol. The Kier molecular flexibility index (Phi) is 7.33. The number of thioether (sulfide) groups is 1. The summed E-state index contributed by atoms with van der Waals surface area (Å²) in [7, 11) is -3.75. The Morgan fingerprint density at radius 1 is 1.00 bits per heavy atom. The van der Waals surface area contributed by atoms with Gasteiger partial charge in [-0.15, -0.1) is 11.8 Å². The molecular formula is C25H26N2O5S2. The van der Waals surface area contributed by atoms with E-state index in [1.165, 1.54) is 4.90 Å². The van der Waals surface area contributed by atoms with Gasteiger partial charge in [0.25, 0.3) is 0 Å². The first-order chi connectivity index (χ1) is 16.3. The summed E-state index contributed by atoms with van der Waals surface area (Å²) >= 11 is 1.73. The normalized spacial score (nSPS) is 13.7. The lowest BCUT2D eigenvalue weighted by Gasteiger charge is -2.29. The van der Waals surface area contributed by atoms with E-state index in [4.69, 9.17) is 9.47 Å². The summed E-state index contributed by atoms with van der Waals surface area (Å²) in [4.78, 5) is 14.2. The third kappa shape index (κ3) is 5.84. The van der Waals surface area contributed by atoms with E-state index >= 15 is 0 Å². The Morgan fingerprint density at radius 3 is 2.35 bits per heavy atom. The first-order valence-electron chi connectivity index (χ1n) is 10.8. The SMILES string of the molecule is C[C@H](C(=O)Nc1ccc(CSc2ccccc2)cc1)N(c1ccc2c(c1)OCCO2)S(C)(=O)=O. The molecule has 0 spiro atoms. The Bertz CT molecular complexity index is 1250. The summed E-state index contributed by atoms with van der Waals surface area (Å²) in [5, 5.41) is 2.82. The van der Waals surface area contributed by atoms with Gasteiger partial charge in [0.1, 0.15) is 19.3 Å². The molecule has 1 heterocycles. The van der Waals surface area contributed by atoms with Crippen molar-refractivity contribution in [3.8, 4) is 11.5 Å². The smallest absolute Gasteiger partial charge is 0.247 e. The summed E-state index contributed by atoms with van der Waals surface area (Å²) in [6.07, 6.45) is 1.08. The van der Waals surface area contributed by atoms with Gasteiger partial charge in [0.05, 0.1) is 11.9 Å². The average Bonchev–Trinajstić information content (AvgIpc) is 2.83. The molecule has 1 N–H and O–H groups in total. The van der Waals surface area contributed by atoms with Crippen LogP contribution in [0.25, 0.3) is 0 Å². The van der Waals surface area contributed by atoms with Gasteiger partial charge in [0.2, 0.25) is 15.9 Å². The van der Waals surface area contributed by atoms with Crippen molar-refractivity contribution >= 4 is 39.1 Å². The van der Waals surface area contributed by atoms with Gasteiger partial charge < -0.3 is 14.8 Å². The lowest BCUT2D eigenvalue weighted by atomic mass is 10.2. The van der Waals surface area contributed by atoms with E-state index in [1.807, 2.05) is 42.5 Å². The maximum Gasteiger partial charge on any atom is 0.247 e. The molecule has 3 aromatic carbocycles. The van der Waals surface area contributed by atoms with E-state index in [2.05, 4.69) is 17.4 Å². The standard InChI is InChI=1S/C25H26N2O5S2/c1-18(27(34(2,29)30)21-12-13-23-24(16-21)32-15-14-31-23)25(28)26-20-10-8-19(9-11-20)17-33-22-6-4-3-5-7-22/h3-13,16,18H,14-15,17H2,1-2H3,(H,26,28)/t18-/m1/s1. The molecule has 1 aliphatic rings. The zero-order valence-corrected chi connectivity index (χ0v) is 20.6. The second-order valence-corrected chi connectivity index (χ2v) is 10.8. The number of fused-ring (bicyclic) bond motifs is 1. The van der Waals surface area contributed by atoms with Crippen LogP contribution in [0.1, 0.15) is 12.5 Å². The van der Waals surface area contributed by atoms with E-state index in [-0.39, 0.29) is 0 Å². The van der Waals surface area contributed by atoms with E-state index in [9.17, 15) is 13.2 Å². The highest BCUT2D eigenvalue weighted by molar-refractivity contribution is 7.98. The fourth-order valence-electron chi connectivity index (χ4n) is 3.59. The topological polar surface area (TPSA) is 84.9 Å². The molecule has 0 bridgehead atoms. The molecule has 7 nitrogen and oxygen atoms in total. The minimum absolute atomic E-state index is 0.336. The first-order valence-corrected chi connectivity index (χ1v) is 13.6. The molecule has 0 saturated carbocycles. The minimum atomic E-state index is -3.75. The highest BCUT2D eigenvalue weighted by Gasteiger charge is 2.30. The average molecular weight is 499 g/mol. The largest absolute Gasteiger partial charge is 0.486 e. The number of anilines is 2. The summed E-state index contributed by atoms with van der Waals surface area (Å²) in [6, 6.07) is 21.5. The lowest BCUT2D eigenvalue weighted by molar-refractivity contribution is -0.116. The molecule has 0 saturated heterocycles. The van der Waals surface area contributed by atoms with Crippen LogP contribution in [0.5, 0.6) is 11.5 Å². The van der Waals surface area contributed by atoms with E-state index < -0.39 is 22.0 Å². The van der Waals surface area contributed by atoms with Gasteiger partial charge in [-0.05, 0) is 48.9 Å². The third-order valence-electron chi connectivity index (χ3n) is 5.24. The second kappa shape index (κ2) is 10.4. The number of hydrogen-bond donors (Lipinski definition) is 1. The van der Waals surface area contributed by atoms with Crippen molar-refractivity contribution in [2.75, 3.05) is 29.1 Å². The molecule has 3 aromatic rings. The summed E-state index contributed by atoms with van der Waals surface area (Å²) < 4.78 is 37.4. The number of rotatable bonds is 8. The van der Waals surface area contributed by atoms with Crippen LogP contribution in [0.15, 0.2) is 77.7 Å². The first kappa shape index (κ1) is 24.0. The van der Waals surface area contributed by atoms with Crippen LogP contribution >= 0.6 is 11.8 Å². The Labute approximate surface area is 204 Å². The number of sulfonamides is 1. The highest BCUT2D eigenvalue weighted by Crippen LogP contribution is 2.35. The van der Waals surface area contributed by atoms with Crippen LogP contribution in [0.3, 0.4) is 0 Å². The lowest BCUT2D eigenvalue weighted by Crippen LogP contribution is -2.45. The zero-order chi connectivity index (χ0) is 24.1. The van der Waals surface area contributed by atoms with Gasteiger partial charge in [-0.2, -0.15) is 0 Å². The molecule has 0 unspecified atom stereocenters. The molecule has 34 heavy (non-hydrogen) atoms. The molecule has 1 amide bonds. The van der Waals surface area contributed by atoms with Crippen LogP contribution in [-0.2, 0) is 20.6 Å². The summed E-state index contributed by atoms with van der Waals surface area (Å²) in [5.74, 6) is 1.37. The molecule has 0 radical (unpaired) electrons.